The zero-order chi connectivity index (χ0) is 18.4. The van der Waals surface area contributed by atoms with Crippen LogP contribution in [-0.2, 0) is 4.74 Å². The van der Waals surface area contributed by atoms with Gasteiger partial charge in [-0.1, -0.05) is 35.0 Å². The second-order valence-electron chi connectivity index (χ2n) is 6.61. The van der Waals surface area contributed by atoms with Gasteiger partial charge < -0.3 is 15.4 Å². The maximum absolute atomic E-state index is 14.0. The van der Waals surface area contributed by atoms with Crippen LogP contribution in [0.2, 0.25) is 0 Å². The molecule has 1 atom stereocenters. The van der Waals surface area contributed by atoms with Gasteiger partial charge in [-0.2, -0.15) is 0 Å². The van der Waals surface area contributed by atoms with Crippen LogP contribution in [0.3, 0.4) is 0 Å². The van der Waals surface area contributed by atoms with Crippen molar-refractivity contribution in [2.45, 2.75) is 51.7 Å². The lowest BCUT2D eigenvalue weighted by Crippen LogP contribution is -2.45. The number of alkyl carbamates (subject to hydrolysis) is 1. The molecule has 1 amide bonds. The number of ether oxygens (including phenoxy) is 1. The molecular weight excluding hydrogens is 382 g/mol. The lowest BCUT2D eigenvalue weighted by Gasteiger charge is -2.24. The summed E-state index contributed by atoms with van der Waals surface area (Å²) in [6.45, 7) is 5.65. The van der Waals surface area contributed by atoms with Crippen molar-refractivity contribution in [1.29, 1.82) is 0 Å². The van der Waals surface area contributed by atoms with Gasteiger partial charge in [-0.3, -0.25) is 0 Å². The molecule has 7 heteroatoms. The van der Waals surface area contributed by atoms with E-state index in [0.717, 1.165) is 10.0 Å². The minimum atomic E-state index is -3.07. The third kappa shape index (κ3) is 8.06. The van der Waals surface area contributed by atoms with E-state index in [1.54, 1.807) is 20.8 Å². The third-order valence-electron chi connectivity index (χ3n) is 3.16. The highest BCUT2D eigenvalue weighted by Gasteiger charge is 2.31. The van der Waals surface area contributed by atoms with Gasteiger partial charge in [0, 0.05) is 10.5 Å². The molecule has 24 heavy (non-hydrogen) atoms. The maximum atomic E-state index is 14.0. The Balaban J connectivity index is 2.52. The Labute approximate surface area is 150 Å². The van der Waals surface area contributed by atoms with E-state index >= 15 is 0 Å². The normalized spacial score (nSPS) is 13.5. The monoisotopic (exact) mass is 406 g/mol. The predicted octanol–water partition coefficient (Wildman–Crippen LogP) is 4.65. The summed E-state index contributed by atoms with van der Waals surface area (Å²) in [5.74, 6) is -3.07. The molecule has 2 N–H and O–H groups in total. The summed E-state index contributed by atoms with van der Waals surface area (Å²) < 4.78 is 33.8. The van der Waals surface area contributed by atoms with Crippen LogP contribution in [0, 0.1) is 0 Å². The minimum Gasteiger partial charge on any atom is -0.444 e. The summed E-state index contributed by atoms with van der Waals surface area (Å²) in [6, 6.07) is 7.36. The first-order valence-electron chi connectivity index (χ1n) is 7.86. The summed E-state index contributed by atoms with van der Waals surface area (Å²) in [6.07, 6.45) is -0.173. The van der Waals surface area contributed by atoms with Crippen molar-refractivity contribution in [3.63, 3.8) is 0 Å². The summed E-state index contributed by atoms with van der Waals surface area (Å²) in [7, 11) is 0. The van der Waals surface area contributed by atoms with E-state index in [2.05, 4.69) is 26.6 Å². The zero-order valence-electron chi connectivity index (χ0n) is 14.5. The van der Waals surface area contributed by atoms with Crippen molar-refractivity contribution < 1.29 is 18.3 Å². The molecule has 1 unspecified atom stereocenters. The van der Waals surface area contributed by atoms with Crippen LogP contribution < -0.4 is 10.6 Å². The van der Waals surface area contributed by atoms with Gasteiger partial charge in [0.15, 0.2) is 0 Å². The van der Waals surface area contributed by atoms with Gasteiger partial charge in [-0.15, -0.1) is 0 Å². The van der Waals surface area contributed by atoms with Crippen LogP contribution in [0.15, 0.2) is 28.7 Å². The summed E-state index contributed by atoms with van der Waals surface area (Å²) in [4.78, 5) is 11.5. The Hall–Kier alpha value is -1.21. The lowest BCUT2D eigenvalue weighted by atomic mass is 10.0. The molecule has 0 aromatic heterocycles. The van der Waals surface area contributed by atoms with E-state index < -0.39 is 30.7 Å². The highest BCUT2D eigenvalue weighted by Crippen LogP contribution is 2.22. The first-order chi connectivity index (χ1) is 11.0. The second kappa shape index (κ2) is 8.76. The molecule has 0 saturated carbocycles. The van der Waals surface area contributed by atoms with E-state index in [1.807, 2.05) is 31.2 Å². The lowest BCUT2D eigenvalue weighted by molar-refractivity contribution is -0.00572. The second-order valence-corrected chi connectivity index (χ2v) is 7.52. The fourth-order valence-electron chi connectivity index (χ4n) is 2.07. The van der Waals surface area contributed by atoms with Crippen molar-refractivity contribution in [3.8, 4) is 0 Å². The highest BCUT2D eigenvalue weighted by molar-refractivity contribution is 9.10. The number of nitrogens with one attached hydrogen (secondary N) is 2. The van der Waals surface area contributed by atoms with E-state index in [9.17, 15) is 13.6 Å². The average molecular weight is 407 g/mol. The van der Waals surface area contributed by atoms with Crippen LogP contribution in [0.1, 0.15) is 45.7 Å². The number of amides is 1. The molecule has 136 valence electrons. The molecule has 4 nitrogen and oxygen atoms in total. The van der Waals surface area contributed by atoms with Gasteiger partial charge in [0.2, 0.25) is 0 Å². The van der Waals surface area contributed by atoms with Crippen LogP contribution in [0.4, 0.5) is 13.6 Å². The third-order valence-corrected chi connectivity index (χ3v) is 3.65. The number of hydrogen-bond donors (Lipinski definition) is 2. The van der Waals surface area contributed by atoms with Gasteiger partial charge in [-0.25, -0.2) is 13.6 Å². The fourth-order valence-corrected chi connectivity index (χ4v) is 2.49. The quantitative estimate of drug-likeness (QED) is 0.692. The smallest absolute Gasteiger partial charge is 0.407 e. The van der Waals surface area contributed by atoms with Gasteiger partial charge in [0.1, 0.15) is 5.60 Å². The van der Waals surface area contributed by atoms with Crippen molar-refractivity contribution >= 4 is 22.0 Å². The number of carbonyl (C=O) groups is 1. The SMILES string of the molecule is CCC(NCC(F)(F)CNC(=O)OC(C)(C)C)c1cccc(Br)c1. The zero-order valence-corrected chi connectivity index (χ0v) is 16.0. The number of halogens is 3. The Morgan fingerprint density at radius 1 is 1.29 bits per heavy atom. The summed E-state index contributed by atoms with van der Waals surface area (Å²) >= 11 is 3.38. The molecule has 0 heterocycles. The first kappa shape index (κ1) is 20.8. The van der Waals surface area contributed by atoms with Gasteiger partial charge in [-0.05, 0) is 44.9 Å². The number of alkyl halides is 2. The van der Waals surface area contributed by atoms with Crippen molar-refractivity contribution in [2.75, 3.05) is 13.1 Å². The summed E-state index contributed by atoms with van der Waals surface area (Å²) in [5.41, 5.74) is 0.216. The Bertz CT molecular complexity index is 548. The van der Waals surface area contributed by atoms with Crippen LogP contribution >= 0.6 is 15.9 Å². The molecule has 1 aromatic rings. The molecule has 0 fully saturated rings. The van der Waals surface area contributed by atoms with Gasteiger partial charge in [0.05, 0.1) is 13.1 Å². The molecule has 1 rings (SSSR count). The average Bonchev–Trinajstić information content (AvgIpc) is 2.44. The van der Waals surface area contributed by atoms with Crippen molar-refractivity contribution in [2.24, 2.45) is 0 Å². The largest absolute Gasteiger partial charge is 0.444 e. The topological polar surface area (TPSA) is 50.4 Å². The standard InChI is InChI=1S/C17H25BrF2N2O2/c1-5-14(12-7-6-8-13(18)9-12)21-10-17(19,20)11-22-15(23)24-16(2,3)4/h6-9,14,21H,5,10-11H2,1-4H3,(H,22,23). The highest BCUT2D eigenvalue weighted by atomic mass is 79.9. The molecule has 0 aliphatic rings. The van der Waals surface area contributed by atoms with Crippen LogP contribution in [0.5, 0.6) is 0 Å². The van der Waals surface area contributed by atoms with Crippen LogP contribution in [0.25, 0.3) is 0 Å². The number of rotatable bonds is 7. The number of benzene rings is 1. The molecule has 0 aliphatic heterocycles. The summed E-state index contributed by atoms with van der Waals surface area (Å²) in [5, 5.41) is 4.97. The van der Waals surface area contributed by atoms with Crippen LogP contribution in [-0.4, -0.2) is 30.7 Å². The number of hydrogen-bond acceptors (Lipinski definition) is 3. The van der Waals surface area contributed by atoms with E-state index in [4.69, 9.17) is 4.74 Å². The fraction of sp³-hybridized carbons (Fsp3) is 0.588. The molecule has 0 spiro atoms. The van der Waals surface area contributed by atoms with Gasteiger partial charge in [0.25, 0.3) is 5.92 Å². The van der Waals surface area contributed by atoms with Crippen molar-refractivity contribution in [3.05, 3.63) is 34.3 Å². The Morgan fingerprint density at radius 2 is 1.96 bits per heavy atom. The van der Waals surface area contributed by atoms with E-state index in [-0.39, 0.29) is 6.04 Å². The Morgan fingerprint density at radius 3 is 2.50 bits per heavy atom. The minimum absolute atomic E-state index is 0.185. The molecule has 1 aromatic carbocycles. The molecule has 0 saturated heterocycles. The molecule has 0 aliphatic carbocycles. The van der Waals surface area contributed by atoms with E-state index in [0.29, 0.717) is 6.42 Å². The maximum Gasteiger partial charge on any atom is 0.407 e. The van der Waals surface area contributed by atoms with E-state index in [1.165, 1.54) is 0 Å². The predicted molar refractivity (Wildman–Crippen MR) is 94.4 cm³/mol. The van der Waals surface area contributed by atoms with Crippen molar-refractivity contribution in [1.82, 2.24) is 10.6 Å². The molecule has 0 bridgehead atoms. The molecule has 0 radical (unpaired) electrons. The van der Waals surface area contributed by atoms with Gasteiger partial charge >= 0.3 is 6.09 Å². The number of carbonyl (C=O) groups excluding carboxylic acids is 1. The first-order valence-corrected chi connectivity index (χ1v) is 8.65. The molecular formula is C17H25BrF2N2O2. The Kier molecular flexibility index (Phi) is 7.60.